The predicted molar refractivity (Wildman–Crippen MR) is 74.4 cm³/mol. The third kappa shape index (κ3) is 2.79. The topological polar surface area (TPSA) is 62.5 Å². The van der Waals surface area contributed by atoms with E-state index in [2.05, 4.69) is 0 Å². The zero-order valence-corrected chi connectivity index (χ0v) is 11.4. The molecular formula is C15H19NO3. The van der Waals surface area contributed by atoms with E-state index in [1.807, 2.05) is 37.6 Å². The number of aromatic carboxylic acids is 1. The predicted octanol–water partition coefficient (Wildman–Crippen LogP) is 2.75. The molecule has 1 atom stereocenters. The van der Waals surface area contributed by atoms with Crippen molar-refractivity contribution in [2.45, 2.75) is 33.4 Å². The lowest BCUT2D eigenvalue weighted by Gasteiger charge is -2.26. The molecule has 2 aromatic rings. The molecule has 0 spiro atoms. The molecular weight excluding hydrogens is 242 g/mol. The zero-order chi connectivity index (χ0) is 14.2. The van der Waals surface area contributed by atoms with Crippen molar-refractivity contribution in [2.24, 2.45) is 5.41 Å². The molecule has 0 aliphatic heterocycles. The highest BCUT2D eigenvalue weighted by Gasteiger charge is 2.22. The van der Waals surface area contributed by atoms with Crippen molar-refractivity contribution in [1.82, 2.24) is 4.57 Å². The summed E-state index contributed by atoms with van der Waals surface area (Å²) in [5, 5.41) is 20.0. The number of aromatic nitrogens is 1. The highest BCUT2D eigenvalue weighted by molar-refractivity contribution is 5.93. The summed E-state index contributed by atoms with van der Waals surface area (Å²) in [5.41, 5.74) is 1.03. The van der Waals surface area contributed by atoms with Gasteiger partial charge >= 0.3 is 5.97 Å². The highest BCUT2D eigenvalue weighted by atomic mass is 16.4. The third-order valence-corrected chi connectivity index (χ3v) is 3.39. The van der Waals surface area contributed by atoms with E-state index in [0.29, 0.717) is 6.54 Å². The van der Waals surface area contributed by atoms with Crippen LogP contribution in [0.4, 0.5) is 0 Å². The minimum absolute atomic E-state index is 0.183. The van der Waals surface area contributed by atoms with E-state index < -0.39 is 12.1 Å². The van der Waals surface area contributed by atoms with E-state index in [0.717, 1.165) is 10.9 Å². The van der Waals surface area contributed by atoms with Crippen LogP contribution in [-0.2, 0) is 6.54 Å². The first-order valence-electron chi connectivity index (χ1n) is 6.29. The molecule has 2 rings (SSSR count). The lowest BCUT2D eigenvalue weighted by atomic mass is 9.89. The minimum Gasteiger partial charge on any atom is -0.478 e. The Hall–Kier alpha value is -1.81. The number of benzene rings is 1. The first-order chi connectivity index (χ1) is 8.79. The fraction of sp³-hybridized carbons (Fsp3) is 0.400. The van der Waals surface area contributed by atoms with E-state index in [-0.39, 0.29) is 11.0 Å². The fourth-order valence-corrected chi connectivity index (χ4v) is 1.95. The van der Waals surface area contributed by atoms with Crippen molar-refractivity contribution in [3.63, 3.8) is 0 Å². The van der Waals surface area contributed by atoms with Gasteiger partial charge in [0.2, 0.25) is 0 Å². The number of nitrogens with zero attached hydrogens (tertiary/aromatic N) is 1. The summed E-state index contributed by atoms with van der Waals surface area (Å²) >= 11 is 0. The van der Waals surface area contributed by atoms with Crippen molar-refractivity contribution < 1.29 is 15.0 Å². The van der Waals surface area contributed by atoms with E-state index in [1.54, 1.807) is 18.2 Å². The zero-order valence-electron chi connectivity index (χ0n) is 11.4. The van der Waals surface area contributed by atoms with Gasteiger partial charge < -0.3 is 14.8 Å². The summed E-state index contributed by atoms with van der Waals surface area (Å²) in [6.45, 7) is 6.48. The molecule has 4 heteroatoms. The molecule has 2 N–H and O–H groups in total. The molecule has 102 valence electrons. The van der Waals surface area contributed by atoms with Gasteiger partial charge in [-0.2, -0.15) is 0 Å². The second kappa shape index (κ2) is 4.70. The van der Waals surface area contributed by atoms with Gasteiger partial charge in [-0.3, -0.25) is 0 Å². The Balaban J connectivity index is 2.34. The van der Waals surface area contributed by atoms with Crippen molar-refractivity contribution in [1.29, 1.82) is 0 Å². The summed E-state index contributed by atoms with van der Waals surface area (Å²) in [7, 11) is 0. The normalized spacial score (nSPS) is 13.7. The quantitative estimate of drug-likeness (QED) is 0.893. The van der Waals surface area contributed by atoms with Crippen LogP contribution in [0.1, 0.15) is 31.1 Å². The maximum absolute atomic E-state index is 10.9. The molecule has 0 amide bonds. The lowest BCUT2D eigenvalue weighted by Crippen LogP contribution is -2.30. The van der Waals surface area contributed by atoms with Gasteiger partial charge in [-0.25, -0.2) is 4.79 Å². The van der Waals surface area contributed by atoms with Crippen molar-refractivity contribution in [3.8, 4) is 0 Å². The van der Waals surface area contributed by atoms with Crippen LogP contribution in [0.5, 0.6) is 0 Å². The molecule has 0 bridgehead atoms. The summed E-state index contributed by atoms with van der Waals surface area (Å²) in [6.07, 6.45) is 1.42. The van der Waals surface area contributed by atoms with Crippen LogP contribution in [0, 0.1) is 5.41 Å². The Morgan fingerprint density at radius 2 is 2.00 bits per heavy atom. The number of hydrogen-bond acceptors (Lipinski definition) is 2. The van der Waals surface area contributed by atoms with Gasteiger partial charge in [-0.1, -0.05) is 20.8 Å². The van der Waals surface area contributed by atoms with Crippen molar-refractivity contribution in [2.75, 3.05) is 0 Å². The van der Waals surface area contributed by atoms with Crippen LogP contribution in [0.15, 0.2) is 30.5 Å². The summed E-state index contributed by atoms with van der Waals surface area (Å²) in [5.74, 6) is -0.927. The largest absolute Gasteiger partial charge is 0.478 e. The summed E-state index contributed by atoms with van der Waals surface area (Å²) < 4.78 is 1.96. The number of carbonyl (C=O) groups is 1. The fourth-order valence-electron chi connectivity index (χ4n) is 1.95. The monoisotopic (exact) mass is 261 g/mol. The van der Waals surface area contributed by atoms with Crippen LogP contribution in [-0.4, -0.2) is 26.9 Å². The molecule has 0 saturated carbocycles. The molecule has 4 nitrogen and oxygen atoms in total. The van der Waals surface area contributed by atoms with Gasteiger partial charge in [0.15, 0.2) is 0 Å². The van der Waals surface area contributed by atoms with Crippen LogP contribution in [0.3, 0.4) is 0 Å². The Kier molecular flexibility index (Phi) is 3.37. The van der Waals surface area contributed by atoms with Crippen molar-refractivity contribution >= 4 is 16.9 Å². The Bertz CT molecular complexity index is 607. The summed E-state index contributed by atoms with van der Waals surface area (Å²) in [4.78, 5) is 10.9. The molecule has 0 fully saturated rings. The van der Waals surface area contributed by atoms with E-state index in [1.165, 1.54) is 0 Å². The van der Waals surface area contributed by atoms with Crippen LogP contribution >= 0.6 is 0 Å². The number of hydrogen-bond donors (Lipinski definition) is 2. The molecule has 1 aromatic carbocycles. The van der Waals surface area contributed by atoms with Gasteiger partial charge in [0, 0.05) is 23.6 Å². The van der Waals surface area contributed by atoms with E-state index >= 15 is 0 Å². The maximum atomic E-state index is 10.9. The van der Waals surface area contributed by atoms with E-state index in [4.69, 9.17) is 5.11 Å². The molecule has 0 aliphatic carbocycles. The van der Waals surface area contributed by atoms with Crippen LogP contribution in [0.2, 0.25) is 0 Å². The van der Waals surface area contributed by atoms with Gasteiger partial charge in [0.05, 0.1) is 11.7 Å². The average molecular weight is 261 g/mol. The van der Waals surface area contributed by atoms with Gasteiger partial charge in [-0.15, -0.1) is 0 Å². The molecule has 1 aromatic heterocycles. The number of fused-ring (bicyclic) bond motifs is 1. The number of carboxylic acid groups (broad SMARTS) is 1. The molecule has 1 heterocycles. The molecule has 19 heavy (non-hydrogen) atoms. The Labute approximate surface area is 112 Å². The average Bonchev–Trinajstić information content (AvgIpc) is 2.70. The van der Waals surface area contributed by atoms with Gasteiger partial charge in [-0.05, 0) is 29.7 Å². The minimum atomic E-state index is -0.927. The molecule has 0 aliphatic rings. The molecule has 1 unspecified atom stereocenters. The Morgan fingerprint density at radius 1 is 1.32 bits per heavy atom. The Morgan fingerprint density at radius 3 is 2.58 bits per heavy atom. The van der Waals surface area contributed by atoms with Gasteiger partial charge in [0.1, 0.15) is 0 Å². The van der Waals surface area contributed by atoms with Crippen LogP contribution in [0.25, 0.3) is 10.9 Å². The van der Waals surface area contributed by atoms with Gasteiger partial charge in [0.25, 0.3) is 0 Å². The SMILES string of the molecule is CC(C)(C)C(O)Cn1ccc2cc(C(=O)O)ccc21. The lowest BCUT2D eigenvalue weighted by molar-refractivity contribution is 0.0491. The number of aliphatic hydroxyl groups is 1. The van der Waals surface area contributed by atoms with E-state index in [9.17, 15) is 9.90 Å². The maximum Gasteiger partial charge on any atom is 0.335 e. The molecule has 0 radical (unpaired) electrons. The molecule has 0 saturated heterocycles. The second-order valence-electron chi connectivity index (χ2n) is 5.93. The number of aliphatic hydroxyl groups excluding tert-OH is 1. The summed E-state index contributed by atoms with van der Waals surface area (Å²) in [6, 6.07) is 6.90. The standard InChI is InChI=1S/C15H19NO3/c1-15(2,3)13(17)9-16-7-6-10-8-11(14(18)19)4-5-12(10)16/h4-8,13,17H,9H2,1-3H3,(H,18,19). The third-order valence-electron chi connectivity index (χ3n) is 3.39. The number of rotatable bonds is 3. The first kappa shape index (κ1) is 13.6. The van der Waals surface area contributed by atoms with Crippen LogP contribution < -0.4 is 0 Å². The first-order valence-corrected chi connectivity index (χ1v) is 6.29. The number of carboxylic acids is 1. The highest BCUT2D eigenvalue weighted by Crippen LogP contribution is 2.23. The van der Waals surface area contributed by atoms with Crippen molar-refractivity contribution in [3.05, 3.63) is 36.0 Å². The second-order valence-corrected chi connectivity index (χ2v) is 5.93. The smallest absolute Gasteiger partial charge is 0.335 e.